The molecule has 0 radical (unpaired) electrons. The molecule has 1 amide bonds. The summed E-state index contributed by atoms with van der Waals surface area (Å²) in [6.45, 7) is 1.49. The summed E-state index contributed by atoms with van der Waals surface area (Å²) in [4.78, 5) is 24.4. The number of carbonyl (C=O) groups excluding carboxylic acids is 2. The minimum absolute atomic E-state index is 0.0166. The summed E-state index contributed by atoms with van der Waals surface area (Å²) in [5.41, 5.74) is 1.06. The molecule has 0 saturated carbocycles. The number of amides is 1. The smallest absolute Gasteiger partial charge is 0.343 e. The van der Waals surface area contributed by atoms with Gasteiger partial charge in [0.25, 0.3) is 5.91 Å². The summed E-state index contributed by atoms with van der Waals surface area (Å²) in [7, 11) is 0. The van der Waals surface area contributed by atoms with Gasteiger partial charge in [0.1, 0.15) is 23.0 Å². The van der Waals surface area contributed by atoms with E-state index in [1.165, 1.54) is 0 Å². The summed E-state index contributed by atoms with van der Waals surface area (Å²) < 4.78 is 12.2. The van der Waals surface area contributed by atoms with Crippen molar-refractivity contribution in [2.24, 2.45) is 0 Å². The lowest BCUT2D eigenvalue weighted by atomic mass is 10.1. The van der Waals surface area contributed by atoms with E-state index in [0.29, 0.717) is 18.0 Å². The van der Waals surface area contributed by atoms with E-state index in [0.717, 1.165) is 5.56 Å². The molecule has 7 nitrogen and oxygen atoms in total. The molecular weight excluding hydrogens is 394 g/mol. The second kappa shape index (κ2) is 9.13. The second-order valence-corrected chi connectivity index (χ2v) is 6.66. The molecule has 0 bridgehead atoms. The Balaban J connectivity index is 1.57. The van der Waals surface area contributed by atoms with E-state index in [1.807, 2.05) is 24.3 Å². The maximum atomic E-state index is 12.4. The van der Waals surface area contributed by atoms with Gasteiger partial charge in [0.15, 0.2) is 6.61 Å². The molecule has 1 N–H and O–H groups in total. The number of hydrogen-bond donors (Lipinski definition) is 1. The number of halogens is 1. The molecule has 0 unspecified atom stereocenters. The van der Waals surface area contributed by atoms with Crippen LogP contribution < -0.4 is 5.32 Å². The van der Waals surface area contributed by atoms with Gasteiger partial charge in [-0.2, -0.15) is 5.26 Å². The molecule has 1 aromatic carbocycles. The van der Waals surface area contributed by atoms with Crippen molar-refractivity contribution >= 4 is 23.5 Å². The first-order valence-corrected chi connectivity index (χ1v) is 9.22. The third-order valence-corrected chi connectivity index (χ3v) is 4.41. The van der Waals surface area contributed by atoms with Gasteiger partial charge >= 0.3 is 5.97 Å². The number of furan rings is 1. The number of ether oxygens (including phenoxy) is 1. The number of nitrogens with zero attached hydrogens (tertiary/aromatic N) is 2. The molecule has 0 aliphatic carbocycles. The fraction of sp³-hybridized carbons (Fsp3) is 0.190. The van der Waals surface area contributed by atoms with Gasteiger partial charge in [-0.3, -0.25) is 9.36 Å². The number of benzene rings is 1. The van der Waals surface area contributed by atoms with Crippen molar-refractivity contribution in [1.29, 1.82) is 5.26 Å². The van der Waals surface area contributed by atoms with Gasteiger partial charge in [0.05, 0.1) is 0 Å². The van der Waals surface area contributed by atoms with Crippen LogP contribution in [0.5, 0.6) is 0 Å². The highest BCUT2D eigenvalue weighted by Crippen LogP contribution is 2.26. The van der Waals surface area contributed by atoms with E-state index in [2.05, 4.69) is 5.32 Å². The molecule has 29 heavy (non-hydrogen) atoms. The van der Waals surface area contributed by atoms with Crippen molar-refractivity contribution in [2.75, 3.05) is 13.2 Å². The molecule has 148 valence electrons. The van der Waals surface area contributed by atoms with E-state index in [-0.39, 0.29) is 22.8 Å². The van der Waals surface area contributed by atoms with Crippen LogP contribution in [0.2, 0.25) is 5.02 Å². The van der Waals surface area contributed by atoms with Crippen LogP contribution in [0.3, 0.4) is 0 Å². The largest absolute Gasteiger partial charge is 0.452 e. The van der Waals surface area contributed by atoms with Gasteiger partial charge < -0.3 is 14.5 Å². The molecule has 2 heterocycles. The van der Waals surface area contributed by atoms with Crippen LogP contribution in [-0.4, -0.2) is 29.6 Å². The van der Waals surface area contributed by atoms with E-state index in [1.54, 1.807) is 42.1 Å². The zero-order chi connectivity index (χ0) is 20.8. The normalized spacial score (nSPS) is 10.4. The molecule has 0 saturated heterocycles. The zero-order valence-corrected chi connectivity index (χ0v) is 16.4. The highest BCUT2D eigenvalue weighted by Gasteiger charge is 2.26. The molecule has 3 rings (SSSR count). The van der Waals surface area contributed by atoms with Gasteiger partial charge in [-0.05, 0) is 43.2 Å². The summed E-state index contributed by atoms with van der Waals surface area (Å²) >= 11 is 5.92. The topological polar surface area (TPSA) is 97.3 Å². The predicted octanol–water partition coefficient (Wildman–Crippen LogP) is 3.42. The van der Waals surface area contributed by atoms with Crippen LogP contribution in [0.25, 0.3) is 5.88 Å². The Morgan fingerprint density at radius 2 is 2.03 bits per heavy atom. The molecule has 0 aliphatic heterocycles. The quantitative estimate of drug-likeness (QED) is 0.601. The van der Waals surface area contributed by atoms with E-state index in [4.69, 9.17) is 20.8 Å². The number of esters is 1. The van der Waals surface area contributed by atoms with Crippen LogP contribution in [0, 0.1) is 18.3 Å². The lowest BCUT2D eigenvalue weighted by Crippen LogP contribution is -2.30. The van der Waals surface area contributed by atoms with Crippen molar-refractivity contribution in [3.63, 3.8) is 0 Å². The van der Waals surface area contributed by atoms with Gasteiger partial charge in [-0.25, -0.2) is 4.79 Å². The molecular formula is C21H18ClN3O4. The number of nitrogens with one attached hydrogen (secondary N) is 1. The standard InChI is InChI=1S/C21H18ClN3O4/c1-14-19(17(12-23)20(29-14)25-9-2-3-10-25)21(27)28-13-18(26)24-8-7-15-5-4-6-16(22)11-15/h2-6,9-11H,7-8,13H2,1H3,(H,24,26). The Labute approximate surface area is 172 Å². The Bertz CT molecular complexity index is 1060. The van der Waals surface area contributed by atoms with Crippen molar-refractivity contribution in [1.82, 2.24) is 9.88 Å². The van der Waals surface area contributed by atoms with Crippen molar-refractivity contribution in [2.45, 2.75) is 13.3 Å². The van der Waals surface area contributed by atoms with Crippen molar-refractivity contribution in [3.8, 4) is 12.0 Å². The molecule has 0 fully saturated rings. The van der Waals surface area contributed by atoms with Crippen LogP contribution in [0.4, 0.5) is 0 Å². The Morgan fingerprint density at radius 1 is 1.28 bits per heavy atom. The van der Waals surface area contributed by atoms with Gasteiger partial charge in [0, 0.05) is 24.0 Å². The van der Waals surface area contributed by atoms with Gasteiger partial charge in [-0.15, -0.1) is 0 Å². The zero-order valence-electron chi connectivity index (χ0n) is 15.6. The number of hydrogen-bond acceptors (Lipinski definition) is 5. The molecule has 8 heteroatoms. The van der Waals surface area contributed by atoms with E-state index < -0.39 is 18.5 Å². The monoisotopic (exact) mass is 411 g/mol. The van der Waals surface area contributed by atoms with Crippen LogP contribution in [0.15, 0.2) is 53.2 Å². The fourth-order valence-corrected chi connectivity index (χ4v) is 3.04. The van der Waals surface area contributed by atoms with Gasteiger partial charge in [0.2, 0.25) is 5.88 Å². The van der Waals surface area contributed by atoms with Crippen LogP contribution >= 0.6 is 11.6 Å². The number of aryl methyl sites for hydroxylation is 1. The number of nitriles is 1. The number of rotatable bonds is 7. The maximum absolute atomic E-state index is 12.4. The fourth-order valence-electron chi connectivity index (χ4n) is 2.82. The van der Waals surface area contributed by atoms with E-state index in [9.17, 15) is 14.9 Å². The molecule has 0 atom stereocenters. The Hall–Kier alpha value is -3.50. The minimum atomic E-state index is -0.786. The Kier molecular flexibility index (Phi) is 6.37. The highest BCUT2D eigenvalue weighted by atomic mass is 35.5. The first kappa shape index (κ1) is 20.2. The maximum Gasteiger partial charge on any atom is 0.343 e. The average Bonchev–Trinajstić information content (AvgIpc) is 3.33. The van der Waals surface area contributed by atoms with Crippen LogP contribution in [-0.2, 0) is 16.0 Å². The first-order chi connectivity index (χ1) is 14.0. The van der Waals surface area contributed by atoms with Crippen molar-refractivity contribution in [3.05, 3.63) is 76.3 Å². The molecule has 0 spiro atoms. The van der Waals surface area contributed by atoms with E-state index >= 15 is 0 Å². The number of carbonyl (C=O) groups is 2. The summed E-state index contributed by atoms with van der Waals surface area (Å²) in [6.07, 6.45) is 3.99. The third-order valence-electron chi connectivity index (χ3n) is 4.18. The summed E-state index contributed by atoms with van der Waals surface area (Å²) in [5, 5.41) is 12.8. The number of aromatic nitrogens is 1. The lowest BCUT2D eigenvalue weighted by Gasteiger charge is -2.07. The average molecular weight is 412 g/mol. The molecule has 0 aliphatic rings. The molecule has 3 aromatic rings. The second-order valence-electron chi connectivity index (χ2n) is 6.22. The van der Waals surface area contributed by atoms with Gasteiger partial charge in [-0.1, -0.05) is 23.7 Å². The summed E-state index contributed by atoms with van der Waals surface area (Å²) in [6, 6.07) is 12.9. The summed E-state index contributed by atoms with van der Waals surface area (Å²) in [5.74, 6) is -0.749. The first-order valence-electron chi connectivity index (χ1n) is 8.84. The SMILES string of the molecule is Cc1oc(-n2cccc2)c(C#N)c1C(=O)OCC(=O)NCCc1cccc(Cl)c1. The van der Waals surface area contributed by atoms with Crippen molar-refractivity contribution < 1.29 is 18.7 Å². The lowest BCUT2D eigenvalue weighted by molar-refractivity contribution is -0.124. The highest BCUT2D eigenvalue weighted by molar-refractivity contribution is 6.30. The van der Waals surface area contributed by atoms with Crippen LogP contribution in [0.1, 0.15) is 27.2 Å². The molecule has 2 aromatic heterocycles. The Morgan fingerprint density at radius 3 is 2.72 bits per heavy atom. The minimum Gasteiger partial charge on any atom is -0.452 e. The predicted molar refractivity (Wildman–Crippen MR) is 106 cm³/mol. The third kappa shape index (κ3) is 4.86.